The number of ether oxygens (including phenoxy) is 3. The van der Waals surface area contributed by atoms with E-state index in [9.17, 15) is 29.8 Å². The smallest absolute Gasteiger partial charge is 0.338 e. The first-order chi connectivity index (χ1) is 22.5. The molecule has 4 aromatic rings. The molecule has 0 bridgehead atoms. The van der Waals surface area contributed by atoms with Crippen molar-refractivity contribution in [3.05, 3.63) is 121 Å². The summed E-state index contributed by atoms with van der Waals surface area (Å²) in [5, 5.41) is 22.8. The van der Waals surface area contributed by atoms with Crippen molar-refractivity contribution in [2.45, 2.75) is 24.8 Å². The number of nitrogens with zero attached hydrogens (tertiary/aromatic N) is 4. The third-order valence-electron chi connectivity index (χ3n) is 7.06. The van der Waals surface area contributed by atoms with Crippen molar-refractivity contribution in [3.8, 4) is 17.2 Å². The van der Waals surface area contributed by atoms with Gasteiger partial charge in [-0.25, -0.2) is 9.79 Å². The molecule has 0 saturated carbocycles. The number of rotatable bonds is 10. The van der Waals surface area contributed by atoms with E-state index in [1.807, 2.05) is 30.5 Å². The van der Waals surface area contributed by atoms with Gasteiger partial charge < -0.3 is 14.2 Å². The first kappa shape index (κ1) is 33.6. The molecule has 3 aromatic carbocycles. The zero-order valence-corrected chi connectivity index (χ0v) is 28.4. The Kier molecular flexibility index (Phi) is 9.93. The van der Waals surface area contributed by atoms with Crippen molar-refractivity contribution in [1.82, 2.24) is 4.57 Å². The number of non-ortho nitro benzene ring substituents is 1. The van der Waals surface area contributed by atoms with Crippen molar-refractivity contribution in [2.75, 3.05) is 20.0 Å². The predicted molar refractivity (Wildman–Crippen MR) is 179 cm³/mol. The van der Waals surface area contributed by atoms with E-state index in [2.05, 4.69) is 20.9 Å². The van der Waals surface area contributed by atoms with Gasteiger partial charge in [0.1, 0.15) is 0 Å². The molecular formula is C31H25BrN4O9S2. The van der Waals surface area contributed by atoms with Crippen molar-refractivity contribution in [2.24, 2.45) is 4.99 Å². The summed E-state index contributed by atoms with van der Waals surface area (Å²) in [7, 11) is 1.37. The Morgan fingerprint density at radius 2 is 1.83 bits per heavy atom. The maximum Gasteiger partial charge on any atom is 0.338 e. The summed E-state index contributed by atoms with van der Waals surface area (Å²) in [6.45, 7) is 3.58. The molecule has 1 aliphatic heterocycles. The topological polar surface area (TPSA) is 165 Å². The highest BCUT2D eigenvalue weighted by molar-refractivity contribution is 9.10. The summed E-state index contributed by atoms with van der Waals surface area (Å²) in [4.78, 5) is 54.4. The fourth-order valence-corrected chi connectivity index (χ4v) is 6.92. The van der Waals surface area contributed by atoms with Gasteiger partial charge in [0.15, 0.2) is 16.3 Å². The van der Waals surface area contributed by atoms with Crippen LogP contribution in [-0.2, 0) is 9.53 Å². The lowest BCUT2D eigenvalue weighted by Gasteiger charge is -2.24. The molecule has 2 heterocycles. The normalized spacial score (nSPS) is 14.3. The summed E-state index contributed by atoms with van der Waals surface area (Å²) >= 11 is 6.14. The van der Waals surface area contributed by atoms with Gasteiger partial charge in [0.25, 0.3) is 11.2 Å². The second-order valence-electron chi connectivity index (χ2n) is 9.88. The number of aromatic nitrogens is 1. The van der Waals surface area contributed by atoms with E-state index in [1.165, 1.54) is 11.7 Å². The third-order valence-corrected chi connectivity index (χ3v) is 9.38. The molecule has 0 N–H and O–H groups in total. The molecule has 0 radical (unpaired) electrons. The minimum atomic E-state index is -0.782. The molecule has 0 aliphatic carbocycles. The Morgan fingerprint density at radius 1 is 1.11 bits per heavy atom. The lowest BCUT2D eigenvalue weighted by atomic mass is 9.96. The number of allylic oxidation sites excluding steroid dienone is 1. The maximum atomic E-state index is 14.0. The highest BCUT2D eigenvalue weighted by atomic mass is 79.9. The Hall–Kier alpha value is -4.80. The number of carbonyl (C=O) groups excluding carboxylic acids is 1. The lowest BCUT2D eigenvalue weighted by molar-refractivity contribution is -0.394. The molecule has 0 amide bonds. The summed E-state index contributed by atoms with van der Waals surface area (Å²) in [5.41, 5.74) is 0.518. The van der Waals surface area contributed by atoms with Gasteiger partial charge in [0.2, 0.25) is 5.75 Å². The minimum absolute atomic E-state index is 0.0754. The summed E-state index contributed by atoms with van der Waals surface area (Å²) in [5.74, 6) is -0.553. The Balaban J connectivity index is 1.60. The average molecular weight is 742 g/mol. The van der Waals surface area contributed by atoms with Gasteiger partial charge in [-0.1, -0.05) is 23.5 Å². The molecule has 13 nitrogen and oxygen atoms in total. The van der Waals surface area contributed by atoms with Crippen molar-refractivity contribution in [1.29, 1.82) is 0 Å². The molecule has 1 aromatic heterocycles. The molecule has 242 valence electrons. The Labute approximate surface area is 283 Å². The van der Waals surface area contributed by atoms with E-state index in [1.54, 1.807) is 43.8 Å². The van der Waals surface area contributed by atoms with Gasteiger partial charge in [0, 0.05) is 11.0 Å². The number of esters is 1. The molecular weight excluding hydrogens is 716 g/mol. The predicted octanol–water partition coefficient (Wildman–Crippen LogP) is 5.90. The second-order valence-corrected chi connectivity index (χ2v) is 12.6. The van der Waals surface area contributed by atoms with Gasteiger partial charge in [-0.2, -0.15) is 0 Å². The SMILES string of the molecule is CCOC(=O)C1=C(C)N=c2s/c(=C\c3cc(Br)c(Oc4ccc([N+](=O)[O-])cc4[N+](=O)[O-])c(OC)c3)c(=O)n2[C@@H]1c1ccc(SC)cc1. The maximum absolute atomic E-state index is 14.0. The summed E-state index contributed by atoms with van der Waals surface area (Å²) < 4.78 is 18.8. The van der Waals surface area contributed by atoms with Crippen LogP contribution in [-0.4, -0.2) is 40.4 Å². The van der Waals surface area contributed by atoms with Crippen LogP contribution in [0.3, 0.4) is 0 Å². The Bertz CT molecular complexity index is 2140. The minimum Gasteiger partial charge on any atom is -0.493 e. The van der Waals surface area contributed by atoms with Crippen LogP contribution < -0.4 is 24.4 Å². The first-order valence-corrected chi connectivity index (χ1v) is 16.6. The molecule has 1 atom stereocenters. The summed E-state index contributed by atoms with van der Waals surface area (Å²) in [6.07, 6.45) is 3.59. The van der Waals surface area contributed by atoms with Crippen LogP contribution in [0, 0.1) is 20.2 Å². The number of halogens is 1. The quantitative estimate of drug-likeness (QED) is 0.0827. The van der Waals surface area contributed by atoms with Crippen LogP contribution in [0.2, 0.25) is 0 Å². The highest BCUT2D eigenvalue weighted by Crippen LogP contribution is 2.43. The van der Waals surface area contributed by atoms with Crippen LogP contribution in [0.4, 0.5) is 11.4 Å². The van der Waals surface area contributed by atoms with Crippen molar-refractivity contribution >= 4 is 62.4 Å². The zero-order chi connectivity index (χ0) is 34.0. The second kappa shape index (κ2) is 13.9. The van der Waals surface area contributed by atoms with Crippen LogP contribution in [0.25, 0.3) is 6.08 Å². The third kappa shape index (κ3) is 6.70. The standard InChI is InChI=1S/C31H25BrN4O9S2/c1-5-44-30(38)26-16(2)33-31-34(27(26)18-6-9-20(46-4)10-7-18)29(37)25(47-31)14-17-12-21(32)28(24(13-17)43-3)45-23-11-8-19(35(39)40)15-22(23)36(41)42/h6-15,27H,5H2,1-4H3/b25-14-/t27-/m1/s1. The number of carbonyl (C=O) groups is 1. The van der Waals surface area contributed by atoms with Gasteiger partial charge >= 0.3 is 11.7 Å². The highest BCUT2D eigenvalue weighted by Gasteiger charge is 2.33. The van der Waals surface area contributed by atoms with E-state index < -0.39 is 33.2 Å². The van der Waals surface area contributed by atoms with Crippen molar-refractivity contribution in [3.63, 3.8) is 0 Å². The van der Waals surface area contributed by atoms with Gasteiger partial charge in [-0.15, -0.1) is 11.8 Å². The fourth-order valence-electron chi connectivity index (χ4n) is 4.92. The van der Waals surface area contributed by atoms with Crippen LogP contribution in [0.15, 0.2) is 85.0 Å². The number of fused-ring (bicyclic) bond motifs is 1. The fraction of sp³-hybridized carbons (Fsp3) is 0.194. The molecule has 0 unspecified atom stereocenters. The monoisotopic (exact) mass is 740 g/mol. The van der Waals surface area contributed by atoms with E-state index in [4.69, 9.17) is 14.2 Å². The molecule has 5 rings (SSSR count). The molecule has 47 heavy (non-hydrogen) atoms. The number of nitro benzene ring substituents is 2. The number of hydrogen-bond donors (Lipinski definition) is 0. The number of benzene rings is 3. The van der Waals surface area contributed by atoms with Crippen molar-refractivity contribution < 1.29 is 28.9 Å². The Morgan fingerprint density at radius 3 is 2.45 bits per heavy atom. The van der Waals surface area contributed by atoms with Gasteiger partial charge in [0.05, 0.1) is 55.9 Å². The molecule has 0 spiro atoms. The number of methoxy groups -OCH3 is 1. The number of thioether (sulfide) groups is 1. The summed E-state index contributed by atoms with van der Waals surface area (Å²) in [6, 6.07) is 13.1. The van der Waals surface area contributed by atoms with Gasteiger partial charge in [-0.3, -0.25) is 29.6 Å². The van der Waals surface area contributed by atoms with Crippen LogP contribution in [0.1, 0.15) is 31.0 Å². The van der Waals surface area contributed by atoms with E-state index in [-0.39, 0.29) is 35.0 Å². The number of hydrogen-bond acceptors (Lipinski definition) is 12. The van der Waals surface area contributed by atoms with E-state index in [0.717, 1.165) is 40.0 Å². The lowest BCUT2D eigenvalue weighted by Crippen LogP contribution is -2.39. The molecule has 16 heteroatoms. The van der Waals surface area contributed by atoms with Gasteiger partial charge in [-0.05, 0) is 83.6 Å². The van der Waals surface area contributed by atoms with E-state index >= 15 is 0 Å². The molecule has 0 saturated heterocycles. The van der Waals surface area contributed by atoms with Crippen LogP contribution >= 0.6 is 39.0 Å². The molecule has 0 fully saturated rings. The number of nitro groups is 2. The number of thiazole rings is 1. The van der Waals surface area contributed by atoms with Crippen LogP contribution in [0.5, 0.6) is 17.2 Å². The zero-order valence-electron chi connectivity index (χ0n) is 25.2. The average Bonchev–Trinajstić information content (AvgIpc) is 3.34. The largest absolute Gasteiger partial charge is 0.493 e. The first-order valence-electron chi connectivity index (χ1n) is 13.8. The van der Waals surface area contributed by atoms with E-state index in [0.29, 0.717) is 25.1 Å². The molecule has 1 aliphatic rings.